The second-order valence-electron chi connectivity index (χ2n) is 5.32. The van der Waals surface area contributed by atoms with Crippen molar-refractivity contribution in [3.63, 3.8) is 0 Å². The van der Waals surface area contributed by atoms with E-state index in [0.29, 0.717) is 22.5 Å². The topological polar surface area (TPSA) is 56.0 Å². The standard InChI is InChI=1S/C15H18ClN3O2/c1-2-18-13-11(4-3-5-12(13)16)14(20)19(15(18)21)10-6-8-17-9-7-10/h3-5,10,17H,2,6-9H2,1H3. The molecule has 1 saturated heterocycles. The van der Waals surface area contributed by atoms with E-state index in [9.17, 15) is 9.59 Å². The van der Waals surface area contributed by atoms with Crippen molar-refractivity contribution < 1.29 is 0 Å². The van der Waals surface area contributed by atoms with Gasteiger partial charge in [-0.05, 0) is 45.0 Å². The number of hydrogen-bond acceptors (Lipinski definition) is 3. The van der Waals surface area contributed by atoms with Gasteiger partial charge in [-0.15, -0.1) is 0 Å². The molecule has 1 aromatic carbocycles. The van der Waals surface area contributed by atoms with Crippen LogP contribution in [0, 0.1) is 0 Å². The largest absolute Gasteiger partial charge is 0.331 e. The molecule has 2 aromatic rings. The van der Waals surface area contributed by atoms with Crippen molar-refractivity contribution in [1.82, 2.24) is 14.5 Å². The lowest BCUT2D eigenvalue weighted by Gasteiger charge is -2.25. The van der Waals surface area contributed by atoms with Crippen LogP contribution in [-0.2, 0) is 6.54 Å². The third-order valence-corrected chi connectivity index (χ3v) is 4.44. The Morgan fingerprint density at radius 3 is 2.67 bits per heavy atom. The molecule has 21 heavy (non-hydrogen) atoms. The first-order valence-corrected chi connectivity index (χ1v) is 7.67. The fraction of sp³-hybridized carbons (Fsp3) is 0.467. The summed E-state index contributed by atoms with van der Waals surface area (Å²) in [6.45, 7) is 4.04. The van der Waals surface area contributed by atoms with Gasteiger partial charge in [0.05, 0.1) is 15.9 Å². The lowest BCUT2D eigenvalue weighted by atomic mass is 10.1. The van der Waals surface area contributed by atoms with E-state index in [1.807, 2.05) is 6.92 Å². The van der Waals surface area contributed by atoms with E-state index >= 15 is 0 Å². The second kappa shape index (κ2) is 5.66. The minimum atomic E-state index is -0.255. The number of nitrogens with one attached hydrogen (secondary N) is 1. The zero-order valence-electron chi connectivity index (χ0n) is 11.9. The third kappa shape index (κ3) is 2.30. The Labute approximate surface area is 127 Å². The summed E-state index contributed by atoms with van der Waals surface area (Å²) in [6, 6.07) is 5.17. The molecule has 1 fully saturated rings. The first-order chi connectivity index (χ1) is 10.1. The summed E-state index contributed by atoms with van der Waals surface area (Å²) in [7, 11) is 0. The van der Waals surface area contributed by atoms with Crippen LogP contribution >= 0.6 is 11.6 Å². The highest BCUT2D eigenvalue weighted by Crippen LogP contribution is 2.21. The smallest absolute Gasteiger partial charge is 0.317 e. The number of aryl methyl sites for hydroxylation is 1. The Morgan fingerprint density at radius 1 is 1.29 bits per heavy atom. The lowest BCUT2D eigenvalue weighted by molar-refractivity contribution is 0.346. The Morgan fingerprint density at radius 2 is 2.00 bits per heavy atom. The maximum atomic E-state index is 12.7. The molecule has 0 aliphatic carbocycles. The predicted molar refractivity (Wildman–Crippen MR) is 84.3 cm³/mol. The van der Waals surface area contributed by atoms with Crippen LogP contribution in [0.25, 0.3) is 10.9 Å². The van der Waals surface area contributed by atoms with Crippen LogP contribution in [0.2, 0.25) is 5.02 Å². The quantitative estimate of drug-likeness (QED) is 0.920. The summed E-state index contributed by atoms with van der Waals surface area (Å²) in [4.78, 5) is 25.5. The van der Waals surface area contributed by atoms with Crippen molar-refractivity contribution in [2.24, 2.45) is 0 Å². The second-order valence-corrected chi connectivity index (χ2v) is 5.73. The van der Waals surface area contributed by atoms with E-state index in [2.05, 4.69) is 5.32 Å². The number of para-hydroxylation sites is 1. The number of halogens is 1. The Bertz CT molecular complexity index is 788. The van der Waals surface area contributed by atoms with Crippen molar-refractivity contribution >= 4 is 22.5 Å². The number of rotatable bonds is 2. The van der Waals surface area contributed by atoms with E-state index in [1.165, 1.54) is 4.57 Å². The fourth-order valence-corrected chi connectivity index (χ4v) is 3.36. The highest BCUT2D eigenvalue weighted by molar-refractivity contribution is 6.35. The maximum absolute atomic E-state index is 12.7. The van der Waals surface area contributed by atoms with Crippen molar-refractivity contribution in [3.05, 3.63) is 44.1 Å². The molecule has 5 nitrogen and oxygen atoms in total. The molecule has 2 heterocycles. The first-order valence-electron chi connectivity index (χ1n) is 7.29. The minimum absolute atomic E-state index is 0.0348. The van der Waals surface area contributed by atoms with Gasteiger partial charge in [0, 0.05) is 12.6 Å². The average molecular weight is 308 g/mol. The molecule has 0 radical (unpaired) electrons. The Kier molecular flexibility index (Phi) is 3.87. The summed E-state index contributed by atoms with van der Waals surface area (Å²) in [5, 5.41) is 4.21. The Balaban J connectivity index is 2.36. The number of aromatic nitrogens is 2. The number of piperidine rings is 1. The summed E-state index contributed by atoms with van der Waals surface area (Å²) in [6.07, 6.45) is 1.59. The number of fused-ring (bicyclic) bond motifs is 1. The molecule has 0 spiro atoms. The van der Waals surface area contributed by atoms with E-state index in [-0.39, 0.29) is 17.3 Å². The van der Waals surface area contributed by atoms with Crippen LogP contribution in [0.1, 0.15) is 25.8 Å². The normalized spacial score (nSPS) is 16.5. The van der Waals surface area contributed by atoms with Crippen LogP contribution < -0.4 is 16.6 Å². The van der Waals surface area contributed by atoms with Crippen LogP contribution in [0.5, 0.6) is 0 Å². The van der Waals surface area contributed by atoms with Gasteiger partial charge in [0.1, 0.15) is 0 Å². The summed E-state index contributed by atoms with van der Waals surface area (Å²) >= 11 is 6.21. The molecule has 0 amide bonds. The lowest BCUT2D eigenvalue weighted by Crippen LogP contribution is -2.45. The van der Waals surface area contributed by atoms with E-state index < -0.39 is 0 Å². The van der Waals surface area contributed by atoms with E-state index in [4.69, 9.17) is 11.6 Å². The molecule has 6 heteroatoms. The predicted octanol–water partition coefficient (Wildman–Crippen LogP) is 1.76. The zero-order valence-corrected chi connectivity index (χ0v) is 12.7. The molecule has 1 N–H and O–H groups in total. The molecular weight excluding hydrogens is 290 g/mol. The minimum Gasteiger partial charge on any atom is -0.317 e. The van der Waals surface area contributed by atoms with Gasteiger partial charge in [-0.25, -0.2) is 4.79 Å². The summed E-state index contributed by atoms with van der Waals surface area (Å²) < 4.78 is 3.02. The van der Waals surface area contributed by atoms with Gasteiger partial charge < -0.3 is 5.32 Å². The fourth-order valence-electron chi connectivity index (χ4n) is 3.08. The van der Waals surface area contributed by atoms with Gasteiger partial charge in [-0.2, -0.15) is 0 Å². The van der Waals surface area contributed by atoms with Gasteiger partial charge in [-0.3, -0.25) is 13.9 Å². The molecular formula is C15H18ClN3O2. The highest BCUT2D eigenvalue weighted by atomic mass is 35.5. The average Bonchev–Trinajstić information content (AvgIpc) is 2.50. The molecule has 0 bridgehead atoms. The molecule has 1 aliphatic rings. The molecule has 1 aliphatic heterocycles. The van der Waals surface area contributed by atoms with Gasteiger partial charge >= 0.3 is 5.69 Å². The maximum Gasteiger partial charge on any atom is 0.331 e. The molecule has 3 rings (SSSR count). The van der Waals surface area contributed by atoms with E-state index in [1.54, 1.807) is 22.8 Å². The number of benzene rings is 1. The van der Waals surface area contributed by atoms with Gasteiger partial charge in [-0.1, -0.05) is 17.7 Å². The van der Waals surface area contributed by atoms with Crippen LogP contribution in [0.4, 0.5) is 0 Å². The molecule has 0 atom stereocenters. The van der Waals surface area contributed by atoms with Gasteiger partial charge in [0.25, 0.3) is 5.56 Å². The Hall–Kier alpha value is -1.59. The van der Waals surface area contributed by atoms with Crippen molar-refractivity contribution in [1.29, 1.82) is 0 Å². The third-order valence-electron chi connectivity index (χ3n) is 4.13. The SMILES string of the molecule is CCn1c(=O)n(C2CCNCC2)c(=O)c2cccc(Cl)c21. The number of hydrogen-bond donors (Lipinski definition) is 1. The van der Waals surface area contributed by atoms with E-state index in [0.717, 1.165) is 25.9 Å². The highest BCUT2D eigenvalue weighted by Gasteiger charge is 2.22. The summed E-state index contributed by atoms with van der Waals surface area (Å²) in [5.41, 5.74) is 0.0611. The molecule has 112 valence electrons. The monoisotopic (exact) mass is 307 g/mol. The zero-order chi connectivity index (χ0) is 15.0. The van der Waals surface area contributed by atoms with Gasteiger partial charge in [0.2, 0.25) is 0 Å². The molecule has 0 unspecified atom stereocenters. The van der Waals surface area contributed by atoms with Gasteiger partial charge in [0.15, 0.2) is 0 Å². The van der Waals surface area contributed by atoms with Crippen LogP contribution in [0.15, 0.2) is 27.8 Å². The van der Waals surface area contributed by atoms with Crippen LogP contribution in [-0.4, -0.2) is 22.2 Å². The van der Waals surface area contributed by atoms with Crippen molar-refractivity contribution in [3.8, 4) is 0 Å². The number of nitrogens with zero attached hydrogens (tertiary/aromatic N) is 2. The molecule has 0 saturated carbocycles. The van der Waals surface area contributed by atoms with Crippen LogP contribution in [0.3, 0.4) is 0 Å². The summed E-state index contributed by atoms with van der Waals surface area (Å²) in [5.74, 6) is 0. The molecule has 1 aromatic heterocycles. The first kappa shape index (κ1) is 14.4. The van der Waals surface area contributed by atoms with Crippen molar-refractivity contribution in [2.45, 2.75) is 32.4 Å². The van der Waals surface area contributed by atoms with Crippen molar-refractivity contribution in [2.75, 3.05) is 13.1 Å².